The van der Waals surface area contributed by atoms with Gasteiger partial charge < -0.3 is 31.7 Å². The van der Waals surface area contributed by atoms with Gasteiger partial charge in [0.05, 0.1) is 19.6 Å². The van der Waals surface area contributed by atoms with Crippen molar-refractivity contribution in [2.24, 2.45) is 0 Å². The van der Waals surface area contributed by atoms with Crippen LogP contribution in [0.4, 0.5) is 0 Å². The molecule has 0 atom stereocenters. The van der Waals surface area contributed by atoms with E-state index in [1.165, 1.54) is 0 Å². The van der Waals surface area contributed by atoms with Gasteiger partial charge in [0.25, 0.3) is 0 Å². The molecule has 102 valence electrons. The van der Waals surface area contributed by atoms with Crippen molar-refractivity contribution in [1.82, 2.24) is 4.90 Å². The quantitative estimate of drug-likeness (QED) is 0.404. The van der Waals surface area contributed by atoms with Gasteiger partial charge in [0.1, 0.15) is 0 Å². The van der Waals surface area contributed by atoms with E-state index < -0.39 is 37.5 Å². The molecule has 0 radical (unpaired) electrons. The van der Waals surface area contributed by atoms with E-state index in [-0.39, 0.29) is 75.5 Å². The second-order valence-electron chi connectivity index (χ2n) is 2.33. The molecule has 10 nitrogen and oxygen atoms in total. The third kappa shape index (κ3) is 25.2. The molecule has 0 amide bonds. The second kappa shape index (κ2) is 19.6. The van der Waals surface area contributed by atoms with Gasteiger partial charge in [-0.1, -0.05) is 0 Å². The van der Waals surface area contributed by atoms with Crippen LogP contribution in [0.2, 0.25) is 0 Å². The van der Waals surface area contributed by atoms with Crippen molar-refractivity contribution in [3.05, 3.63) is 0 Å². The van der Waals surface area contributed by atoms with Gasteiger partial charge in [-0.15, -0.1) is 0 Å². The summed E-state index contributed by atoms with van der Waals surface area (Å²) in [7, 11) is 0. The first-order chi connectivity index (χ1) is 5.91. The molecule has 0 fully saturated rings. The fourth-order valence-corrected chi connectivity index (χ4v) is 0.742. The first-order valence-corrected chi connectivity index (χ1v) is 3.29. The third-order valence-electron chi connectivity index (χ3n) is 1.08. The van der Waals surface area contributed by atoms with E-state index in [0.29, 0.717) is 0 Å². The summed E-state index contributed by atoms with van der Waals surface area (Å²) >= 11 is 0. The van der Waals surface area contributed by atoms with Gasteiger partial charge >= 0.3 is 77.0 Å². The molecule has 0 heterocycles. The Kier molecular flexibility index (Phi) is 39.4. The molecule has 9 N–H and O–H groups in total. The van der Waals surface area contributed by atoms with Gasteiger partial charge in [0.2, 0.25) is 0 Å². The number of carboxylic acid groups (broad SMARTS) is 3. The number of hydrogen-bond acceptors (Lipinski definition) is 4. The molecule has 0 aliphatic heterocycles. The third-order valence-corrected chi connectivity index (χ3v) is 1.08. The van der Waals surface area contributed by atoms with Crippen LogP contribution < -0.4 is 0 Å². The number of rotatable bonds is 6. The molecule has 0 aromatic carbocycles. The fourth-order valence-electron chi connectivity index (χ4n) is 0.742. The maximum absolute atomic E-state index is 10.1. The van der Waals surface area contributed by atoms with Gasteiger partial charge in [0.15, 0.2) is 0 Å². The predicted octanol–water partition coefficient (Wildman–Crippen LogP) is -5.23. The Labute approximate surface area is 146 Å². The molecule has 0 rings (SSSR count). The van der Waals surface area contributed by atoms with Crippen LogP contribution in [-0.4, -0.2) is 133 Å². The first kappa shape index (κ1) is 36.2. The summed E-state index contributed by atoms with van der Waals surface area (Å²) in [6.45, 7) is -1.80. The second-order valence-corrected chi connectivity index (χ2v) is 2.33. The Balaban J connectivity index is -0.0000000720. The van der Waals surface area contributed by atoms with Gasteiger partial charge in [0, 0.05) is 0 Å². The van der Waals surface area contributed by atoms with Crippen LogP contribution in [0.25, 0.3) is 0 Å². The summed E-state index contributed by atoms with van der Waals surface area (Å²) in [6, 6.07) is 0. The maximum atomic E-state index is 10.1. The molecule has 0 aliphatic rings. The molecular weight excluding hydrogens is 276 g/mol. The molecular formula is C6H17NNa2O9. The van der Waals surface area contributed by atoms with Crippen LogP contribution in [0.3, 0.4) is 0 Å². The van der Waals surface area contributed by atoms with Crippen molar-refractivity contribution in [1.29, 1.82) is 0 Å². The van der Waals surface area contributed by atoms with E-state index in [1.54, 1.807) is 0 Å². The number of nitrogens with zero attached hydrogens (tertiary/aromatic N) is 1. The van der Waals surface area contributed by atoms with Crippen molar-refractivity contribution >= 4 is 77.0 Å². The minimum absolute atomic E-state index is 0. The Bertz CT molecular complexity index is 199. The van der Waals surface area contributed by atoms with Crippen LogP contribution in [0.15, 0.2) is 0 Å². The van der Waals surface area contributed by atoms with Gasteiger partial charge in [-0.25, -0.2) is 0 Å². The zero-order valence-corrected chi connectivity index (χ0v) is 8.13. The van der Waals surface area contributed by atoms with Crippen LogP contribution in [0.1, 0.15) is 0 Å². The molecule has 0 aliphatic carbocycles. The van der Waals surface area contributed by atoms with Crippen molar-refractivity contribution < 1.29 is 46.1 Å². The first-order valence-electron chi connectivity index (χ1n) is 3.29. The average Bonchev–Trinajstić information content (AvgIpc) is 1.80. The predicted molar refractivity (Wildman–Crippen MR) is 64.5 cm³/mol. The average molecular weight is 293 g/mol. The fraction of sp³-hybridized carbons (Fsp3) is 0.500. The Morgan fingerprint density at radius 2 is 0.833 bits per heavy atom. The zero-order chi connectivity index (χ0) is 10.4. The van der Waals surface area contributed by atoms with E-state index in [9.17, 15) is 14.4 Å². The topological polar surface area (TPSA) is 210 Å². The van der Waals surface area contributed by atoms with Crippen LogP contribution >= 0.6 is 0 Å². The van der Waals surface area contributed by atoms with Crippen molar-refractivity contribution in [2.45, 2.75) is 0 Å². The molecule has 0 unspecified atom stereocenters. The summed E-state index contributed by atoms with van der Waals surface area (Å²) in [5, 5.41) is 24.8. The molecule has 0 saturated heterocycles. The van der Waals surface area contributed by atoms with E-state index in [2.05, 4.69) is 0 Å². The van der Waals surface area contributed by atoms with Crippen molar-refractivity contribution in [3.63, 3.8) is 0 Å². The van der Waals surface area contributed by atoms with Gasteiger partial charge in [-0.2, -0.15) is 0 Å². The van der Waals surface area contributed by atoms with Gasteiger partial charge in [-0.3, -0.25) is 19.3 Å². The van der Waals surface area contributed by atoms with E-state index in [0.717, 1.165) is 4.90 Å². The zero-order valence-electron chi connectivity index (χ0n) is 8.13. The van der Waals surface area contributed by atoms with Crippen LogP contribution in [0, 0.1) is 0 Å². The van der Waals surface area contributed by atoms with Gasteiger partial charge in [-0.05, 0) is 0 Å². The molecule has 0 bridgehead atoms. The van der Waals surface area contributed by atoms with E-state index in [4.69, 9.17) is 15.3 Å². The van der Waals surface area contributed by atoms with Crippen molar-refractivity contribution in [3.8, 4) is 0 Å². The van der Waals surface area contributed by atoms with E-state index in [1.807, 2.05) is 0 Å². The minimum atomic E-state index is -1.26. The number of carbonyl (C=O) groups is 3. The molecule has 0 saturated carbocycles. The summed E-state index contributed by atoms with van der Waals surface area (Å²) < 4.78 is 0. The van der Waals surface area contributed by atoms with E-state index >= 15 is 0 Å². The SMILES string of the molecule is O.O.O.O=C(O)CN(CC(=O)O)CC(=O)O.[NaH].[NaH]. The molecule has 0 aromatic heterocycles. The molecule has 18 heavy (non-hydrogen) atoms. The Morgan fingerprint density at radius 1 is 0.667 bits per heavy atom. The monoisotopic (exact) mass is 293 g/mol. The molecule has 0 spiro atoms. The summed E-state index contributed by atoms with van der Waals surface area (Å²) in [5.74, 6) is -3.78. The van der Waals surface area contributed by atoms with Crippen LogP contribution in [0.5, 0.6) is 0 Å². The molecule has 12 heteroatoms. The number of carboxylic acids is 3. The number of aliphatic carboxylic acids is 3. The van der Waals surface area contributed by atoms with Crippen molar-refractivity contribution in [2.75, 3.05) is 19.6 Å². The Morgan fingerprint density at radius 3 is 0.944 bits per heavy atom. The van der Waals surface area contributed by atoms with Crippen LogP contribution in [-0.2, 0) is 14.4 Å². The summed E-state index contributed by atoms with van der Waals surface area (Å²) in [4.78, 5) is 31.2. The standard InChI is InChI=1S/C6H9NO6.2Na.3H2O.2H/c8-4(9)1-7(2-5(10)11)3-6(12)13;;;;;;;/h1-3H2,(H,8,9)(H,10,11)(H,12,13);;;3*1H2;;. The summed E-state index contributed by atoms with van der Waals surface area (Å²) in [5.41, 5.74) is 0. The normalized spacial score (nSPS) is 7.17. The molecule has 0 aromatic rings. The Hall–Kier alpha value is 0.250. The summed E-state index contributed by atoms with van der Waals surface area (Å²) in [6.07, 6.45) is 0. The number of hydrogen-bond donors (Lipinski definition) is 3.